The van der Waals surface area contributed by atoms with Crippen LogP contribution in [0.5, 0.6) is 0 Å². The highest BCUT2D eigenvalue weighted by molar-refractivity contribution is 6.04. The van der Waals surface area contributed by atoms with Gasteiger partial charge in [0.15, 0.2) is 0 Å². The average Bonchev–Trinajstić information content (AvgIpc) is 2.81. The van der Waals surface area contributed by atoms with Crippen molar-refractivity contribution >= 4 is 23.2 Å². The monoisotopic (exact) mass is 450 g/mol. The molecule has 0 bridgehead atoms. The van der Waals surface area contributed by atoms with Crippen LogP contribution in [0.3, 0.4) is 0 Å². The van der Waals surface area contributed by atoms with E-state index in [-0.39, 0.29) is 29.3 Å². The fourth-order valence-corrected chi connectivity index (χ4v) is 3.24. The molecule has 0 aliphatic rings. The third kappa shape index (κ3) is 6.44. The molecule has 3 aromatic carbocycles. The number of nitrogens with one attached hydrogen (secondary N) is 1. The van der Waals surface area contributed by atoms with Crippen LogP contribution in [0.1, 0.15) is 32.7 Å². The van der Waals surface area contributed by atoms with Gasteiger partial charge in [0.05, 0.1) is 4.92 Å². The lowest BCUT2D eigenvalue weighted by Gasteiger charge is -2.23. The summed E-state index contributed by atoms with van der Waals surface area (Å²) in [6.45, 7) is 1.04. The number of amides is 2. The maximum Gasteiger partial charge on any atom is 0.269 e. The lowest BCUT2D eigenvalue weighted by Crippen LogP contribution is -2.32. The molecule has 0 fully saturated rings. The van der Waals surface area contributed by atoms with Gasteiger partial charge in [-0.3, -0.25) is 19.7 Å². The smallest absolute Gasteiger partial charge is 0.269 e. The van der Waals surface area contributed by atoms with Gasteiger partial charge in [0.2, 0.25) is 0 Å². The second-order valence-corrected chi connectivity index (χ2v) is 7.34. The normalized spacial score (nSPS) is 10.5. The molecule has 0 atom stereocenters. The van der Waals surface area contributed by atoms with Crippen LogP contribution in [0, 0.1) is 15.9 Å². The Kier molecular flexibility index (Phi) is 7.82. The zero-order valence-electron chi connectivity index (χ0n) is 17.7. The summed E-state index contributed by atoms with van der Waals surface area (Å²) in [5, 5.41) is 13.5. The van der Waals surface area contributed by atoms with Gasteiger partial charge in [-0.2, -0.15) is 0 Å². The van der Waals surface area contributed by atoms with E-state index in [4.69, 9.17) is 5.73 Å². The maximum atomic E-state index is 13.6. The second kappa shape index (κ2) is 11.0. The summed E-state index contributed by atoms with van der Waals surface area (Å²) in [6.07, 6.45) is 0.581. The molecule has 0 radical (unpaired) electrons. The number of nitro benzene ring substituents is 1. The molecule has 0 aliphatic carbocycles. The van der Waals surface area contributed by atoms with Crippen molar-refractivity contribution in [2.75, 3.05) is 18.4 Å². The predicted molar refractivity (Wildman–Crippen MR) is 122 cm³/mol. The van der Waals surface area contributed by atoms with Gasteiger partial charge in [-0.25, -0.2) is 4.39 Å². The Labute approximate surface area is 190 Å². The van der Waals surface area contributed by atoms with Gasteiger partial charge < -0.3 is 16.0 Å². The number of rotatable bonds is 9. The van der Waals surface area contributed by atoms with Crippen molar-refractivity contribution < 1.29 is 18.9 Å². The van der Waals surface area contributed by atoms with E-state index in [1.165, 1.54) is 42.5 Å². The van der Waals surface area contributed by atoms with Crippen LogP contribution in [0.15, 0.2) is 72.8 Å². The van der Waals surface area contributed by atoms with Gasteiger partial charge >= 0.3 is 0 Å². The van der Waals surface area contributed by atoms with E-state index in [1.807, 2.05) is 6.07 Å². The van der Waals surface area contributed by atoms with Crippen LogP contribution in [-0.4, -0.2) is 34.7 Å². The van der Waals surface area contributed by atoms with E-state index in [9.17, 15) is 24.1 Å². The molecule has 0 saturated carbocycles. The van der Waals surface area contributed by atoms with Crippen molar-refractivity contribution in [3.8, 4) is 0 Å². The summed E-state index contributed by atoms with van der Waals surface area (Å²) in [6, 6.07) is 17.8. The van der Waals surface area contributed by atoms with Crippen LogP contribution in [-0.2, 0) is 6.54 Å². The van der Waals surface area contributed by atoms with Crippen molar-refractivity contribution in [2.45, 2.75) is 13.0 Å². The third-order valence-corrected chi connectivity index (χ3v) is 4.89. The number of nitrogens with zero attached hydrogens (tertiary/aromatic N) is 2. The Bertz CT molecular complexity index is 1150. The van der Waals surface area contributed by atoms with E-state index >= 15 is 0 Å². The summed E-state index contributed by atoms with van der Waals surface area (Å²) >= 11 is 0. The predicted octanol–water partition coefficient (Wildman–Crippen LogP) is 3.98. The summed E-state index contributed by atoms with van der Waals surface area (Å²) in [5.41, 5.74) is 7.30. The molecule has 170 valence electrons. The number of anilines is 1. The van der Waals surface area contributed by atoms with Crippen LogP contribution < -0.4 is 11.1 Å². The van der Waals surface area contributed by atoms with Crippen LogP contribution in [0.2, 0.25) is 0 Å². The number of hydrogen-bond acceptors (Lipinski definition) is 5. The minimum Gasteiger partial charge on any atom is -0.334 e. The molecule has 0 spiro atoms. The van der Waals surface area contributed by atoms with Crippen molar-refractivity contribution in [1.29, 1.82) is 0 Å². The molecular formula is C24H23FN4O4. The number of benzene rings is 3. The summed E-state index contributed by atoms with van der Waals surface area (Å²) in [7, 11) is 0. The standard InChI is InChI=1S/C24H23FN4O4/c25-20-6-2-5-19(15-20)24(31)28(13-3-12-26)16-17-4-1-7-21(14-17)27-23(30)18-8-10-22(11-9-18)29(32)33/h1-2,4-11,14-15H,3,12-13,16,26H2,(H,27,30). The van der Waals surface area contributed by atoms with Crippen molar-refractivity contribution in [3.05, 3.63) is 105 Å². The highest BCUT2D eigenvalue weighted by atomic mass is 19.1. The zero-order valence-corrected chi connectivity index (χ0v) is 17.7. The molecule has 8 nitrogen and oxygen atoms in total. The Morgan fingerprint density at radius 1 is 1.00 bits per heavy atom. The van der Waals surface area contributed by atoms with E-state index < -0.39 is 16.6 Å². The van der Waals surface area contributed by atoms with E-state index in [2.05, 4.69) is 5.32 Å². The lowest BCUT2D eigenvalue weighted by molar-refractivity contribution is -0.384. The van der Waals surface area contributed by atoms with Crippen molar-refractivity contribution in [2.24, 2.45) is 5.73 Å². The number of carbonyl (C=O) groups is 2. The first-order valence-corrected chi connectivity index (χ1v) is 10.3. The summed E-state index contributed by atoms with van der Waals surface area (Å²) < 4.78 is 13.6. The highest BCUT2D eigenvalue weighted by Gasteiger charge is 2.17. The fourth-order valence-electron chi connectivity index (χ4n) is 3.24. The quantitative estimate of drug-likeness (QED) is 0.378. The first-order valence-electron chi connectivity index (χ1n) is 10.3. The topological polar surface area (TPSA) is 119 Å². The highest BCUT2D eigenvalue weighted by Crippen LogP contribution is 2.18. The minimum absolute atomic E-state index is 0.103. The van der Waals surface area contributed by atoms with Gasteiger partial charge in [0.25, 0.3) is 17.5 Å². The molecule has 3 rings (SSSR count). The number of halogens is 1. The summed E-state index contributed by atoms with van der Waals surface area (Å²) in [5.74, 6) is -1.23. The number of non-ortho nitro benzene ring substituents is 1. The molecule has 3 N–H and O–H groups in total. The third-order valence-electron chi connectivity index (χ3n) is 4.89. The molecule has 3 aromatic rings. The Balaban J connectivity index is 1.74. The molecule has 0 aliphatic heterocycles. The van der Waals surface area contributed by atoms with Crippen LogP contribution in [0.25, 0.3) is 0 Å². The fraction of sp³-hybridized carbons (Fsp3) is 0.167. The van der Waals surface area contributed by atoms with Crippen molar-refractivity contribution in [1.82, 2.24) is 4.90 Å². The van der Waals surface area contributed by atoms with Gasteiger partial charge in [-0.05, 0) is 61.0 Å². The van der Waals surface area contributed by atoms with Gasteiger partial charge in [0, 0.05) is 42.0 Å². The minimum atomic E-state index is -0.535. The number of hydrogen-bond donors (Lipinski definition) is 2. The molecule has 0 saturated heterocycles. The molecule has 2 amide bonds. The number of nitro groups is 1. The summed E-state index contributed by atoms with van der Waals surface area (Å²) in [4.78, 5) is 37.2. The first-order chi connectivity index (χ1) is 15.9. The largest absolute Gasteiger partial charge is 0.334 e. The van der Waals surface area contributed by atoms with Crippen LogP contribution >= 0.6 is 0 Å². The first kappa shape index (κ1) is 23.6. The molecule has 0 aromatic heterocycles. The molecule has 9 heteroatoms. The Hall–Kier alpha value is -4.11. The zero-order chi connectivity index (χ0) is 23.8. The van der Waals surface area contributed by atoms with Crippen LogP contribution in [0.4, 0.5) is 15.8 Å². The number of carbonyl (C=O) groups excluding carboxylic acids is 2. The lowest BCUT2D eigenvalue weighted by atomic mass is 10.1. The van der Waals surface area contributed by atoms with Gasteiger partial charge in [0.1, 0.15) is 5.82 Å². The second-order valence-electron chi connectivity index (χ2n) is 7.34. The molecule has 0 heterocycles. The van der Waals surface area contributed by atoms with E-state index in [0.717, 1.165) is 5.56 Å². The molecule has 0 unspecified atom stereocenters. The molecule has 33 heavy (non-hydrogen) atoms. The number of nitrogens with two attached hydrogens (primary N) is 1. The molecular weight excluding hydrogens is 427 g/mol. The van der Waals surface area contributed by atoms with E-state index in [0.29, 0.717) is 25.2 Å². The Morgan fingerprint density at radius 3 is 2.39 bits per heavy atom. The SMILES string of the molecule is NCCCN(Cc1cccc(NC(=O)c2ccc([N+](=O)[O-])cc2)c1)C(=O)c1cccc(F)c1. The van der Waals surface area contributed by atoms with Gasteiger partial charge in [-0.1, -0.05) is 18.2 Å². The Morgan fingerprint density at radius 2 is 1.73 bits per heavy atom. The van der Waals surface area contributed by atoms with Crippen molar-refractivity contribution in [3.63, 3.8) is 0 Å². The van der Waals surface area contributed by atoms with E-state index in [1.54, 1.807) is 29.2 Å². The maximum absolute atomic E-state index is 13.6. The van der Waals surface area contributed by atoms with Gasteiger partial charge in [-0.15, -0.1) is 0 Å². The average molecular weight is 450 g/mol.